The third-order valence-corrected chi connectivity index (χ3v) is 4.88. The fourth-order valence-electron chi connectivity index (χ4n) is 2.31. The first-order chi connectivity index (χ1) is 11.9. The van der Waals surface area contributed by atoms with Gasteiger partial charge in [0.2, 0.25) is 5.88 Å². The van der Waals surface area contributed by atoms with Crippen molar-refractivity contribution in [3.63, 3.8) is 0 Å². The highest BCUT2D eigenvalue weighted by molar-refractivity contribution is 8.14. The molecule has 1 aromatic heterocycles. The van der Waals surface area contributed by atoms with Gasteiger partial charge in [0, 0.05) is 14.1 Å². The van der Waals surface area contributed by atoms with E-state index in [4.69, 9.17) is 0 Å². The van der Waals surface area contributed by atoms with Gasteiger partial charge in [0.15, 0.2) is 0 Å². The van der Waals surface area contributed by atoms with E-state index in [0.29, 0.717) is 10.7 Å². The fourth-order valence-corrected chi connectivity index (χ4v) is 3.43. The van der Waals surface area contributed by atoms with Crippen LogP contribution in [0.1, 0.15) is 30.9 Å². The van der Waals surface area contributed by atoms with E-state index in [0.717, 1.165) is 33.3 Å². The second-order valence-electron chi connectivity index (χ2n) is 5.86. The van der Waals surface area contributed by atoms with Gasteiger partial charge in [0.25, 0.3) is 5.56 Å². The van der Waals surface area contributed by atoms with Crippen molar-refractivity contribution >= 4 is 22.5 Å². The Balaban J connectivity index is 2.65. The van der Waals surface area contributed by atoms with E-state index < -0.39 is 11.2 Å². The van der Waals surface area contributed by atoms with Gasteiger partial charge in [0.05, 0.1) is 5.69 Å². The highest BCUT2D eigenvalue weighted by Gasteiger charge is 2.20. The van der Waals surface area contributed by atoms with Gasteiger partial charge in [-0.15, -0.1) is 11.8 Å². The van der Waals surface area contributed by atoms with Crippen molar-refractivity contribution in [1.82, 2.24) is 9.13 Å². The molecule has 0 bridgehead atoms. The summed E-state index contributed by atoms with van der Waals surface area (Å²) in [5.41, 5.74) is 0.703. The Morgan fingerprint density at radius 1 is 1.24 bits per heavy atom. The molecule has 0 aliphatic carbocycles. The third-order valence-electron chi connectivity index (χ3n) is 3.82. The smallest absolute Gasteiger partial charge is 0.333 e. The standard InChI is InChI=1S/C18H23N3O3S/c1-5-6-10-25-15(19-13-9-7-8-12(2)11-13)14-16(22)20(3)18(24)21(4)17(14)23/h7-9,11,22H,5-6,10H2,1-4H3. The van der Waals surface area contributed by atoms with Crippen LogP contribution in [-0.2, 0) is 14.1 Å². The molecule has 6 nitrogen and oxygen atoms in total. The maximum absolute atomic E-state index is 12.6. The molecule has 0 saturated carbocycles. The highest BCUT2D eigenvalue weighted by atomic mass is 32.2. The van der Waals surface area contributed by atoms with Crippen LogP contribution in [0.2, 0.25) is 0 Å². The first-order valence-corrected chi connectivity index (χ1v) is 9.12. The number of aryl methyl sites for hydroxylation is 1. The Labute approximate surface area is 150 Å². The lowest BCUT2D eigenvalue weighted by molar-refractivity contribution is 0.410. The van der Waals surface area contributed by atoms with Crippen molar-refractivity contribution < 1.29 is 5.11 Å². The molecule has 0 unspecified atom stereocenters. The van der Waals surface area contributed by atoms with Crippen molar-refractivity contribution in [2.45, 2.75) is 26.7 Å². The molecule has 2 rings (SSSR count). The number of aliphatic imine (C=N–C) groups is 1. The predicted molar refractivity (Wildman–Crippen MR) is 103 cm³/mol. The van der Waals surface area contributed by atoms with Crippen molar-refractivity contribution in [2.75, 3.05) is 5.75 Å². The third kappa shape index (κ3) is 4.22. The second-order valence-corrected chi connectivity index (χ2v) is 6.95. The number of hydrogen-bond acceptors (Lipinski definition) is 5. The van der Waals surface area contributed by atoms with Gasteiger partial charge in [-0.3, -0.25) is 13.9 Å². The van der Waals surface area contributed by atoms with Crippen molar-refractivity contribution in [3.8, 4) is 5.88 Å². The fraction of sp³-hybridized carbons (Fsp3) is 0.389. The lowest BCUT2D eigenvalue weighted by atomic mass is 10.2. The molecule has 1 aromatic carbocycles. The minimum atomic E-state index is -0.570. The molecule has 2 aromatic rings. The first-order valence-electron chi connectivity index (χ1n) is 8.14. The monoisotopic (exact) mass is 361 g/mol. The van der Waals surface area contributed by atoms with E-state index >= 15 is 0 Å². The summed E-state index contributed by atoms with van der Waals surface area (Å²) in [6.45, 7) is 4.05. The topological polar surface area (TPSA) is 76.6 Å². The number of aromatic hydroxyl groups is 1. The molecule has 7 heteroatoms. The predicted octanol–water partition coefficient (Wildman–Crippen LogP) is 2.71. The lowest BCUT2D eigenvalue weighted by Gasteiger charge is -2.12. The van der Waals surface area contributed by atoms with Crippen LogP contribution in [-0.4, -0.2) is 25.0 Å². The van der Waals surface area contributed by atoms with Crippen LogP contribution in [0.25, 0.3) is 0 Å². The molecule has 0 aliphatic rings. The van der Waals surface area contributed by atoms with Crippen LogP contribution in [0.3, 0.4) is 0 Å². The Bertz CT molecular complexity index is 913. The summed E-state index contributed by atoms with van der Waals surface area (Å²) in [6, 6.07) is 7.60. The first kappa shape index (κ1) is 19.1. The van der Waals surface area contributed by atoms with Crippen LogP contribution in [0.4, 0.5) is 5.69 Å². The largest absolute Gasteiger partial charge is 0.494 e. The zero-order valence-corrected chi connectivity index (χ0v) is 15.8. The molecule has 0 atom stereocenters. The zero-order valence-electron chi connectivity index (χ0n) is 14.9. The summed E-state index contributed by atoms with van der Waals surface area (Å²) < 4.78 is 2.05. The summed E-state index contributed by atoms with van der Waals surface area (Å²) >= 11 is 1.41. The Morgan fingerprint density at radius 3 is 2.60 bits per heavy atom. The molecule has 0 spiro atoms. The summed E-state index contributed by atoms with van der Waals surface area (Å²) in [4.78, 5) is 29.1. The van der Waals surface area contributed by atoms with Crippen LogP contribution in [0.15, 0.2) is 38.8 Å². The summed E-state index contributed by atoms with van der Waals surface area (Å²) in [5.74, 6) is 0.413. The molecule has 0 fully saturated rings. The summed E-state index contributed by atoms with van der Waals surface area (Å²) in [7, 11) is 2.83. The van der Waals surface area contributed by atoms with Gasteiger partial charge in [-0.05, 0) is 36.8 Å². The maximum atomic E-state index is 12.6. The highest BCUT2D eigenvalue weighted by Crippen LogP contribution is 2.24. The number of nitrogens with zero attached hydrogens (tertiary/aromatic N) is 3. The molecule has 1 N–H and O–H groups in total. The van der Waals surface area contributed by atoms with Crippen LogP contribution < -0.4 is 11.2 Å². The lowest BCUT2D eigenvalue weighted by Crippen LogP contribution is -2.39. The van der Waals surface area contributed by atoms with E-state index in [-0.39, 0.29) is 11.4 Å². The molecular formula is C18H23N3O3S. The second kappa shape index (κ2) is 8.20. The van der Waals surface area contributed by atoms with Gasteiger partial charge in [-0.2, -0.15) is 0 Å². The van der Waals surface area contributed by atoms with Gasteiger partial charge in [-0.1, -0.05) is 25.5 Å². The van der Waals surface area contributed by atoms with Crippen molar-refractivity contribution in [2.24, 2.45) is 19.1 Å². The molecule has 25 heavy (non-hydrogen) atoms. The minimum Gasteiger partial charge on any atom is -0.494 e. The Kier molecular flexibility index (Phi) is 6.25. The van der Waals surface area contributed by atoms with Crippen LogP contribution in [0, 0.1) is 6.92 Å². The van der Waals surface area contributed by atoms with Gasteiger partial charge >= 0.3 is 5.69 Å². The van der Waals surface area contributed by atoms with E-state index in [1.54, 1.807) is 0 Å². The van der Waals surface area contributed by atoms with Gasteiger partial charge < -0.3 is 5.11 Å². The number of aromatic nitrogens is 2. The normalized spacial score (nSPS) is 11.8. The number of hydrogen-bond donors (Lipinski definition) is 1. The van der Waals surface area contributed by atoms with E-state index in [1.165, 1.54) is 25.9 Å². The van der Waals surface area contributed by atoms with Gasteiger partial charge in [0.1, 0.15) is 10.6 Å². The quantitative estimate of drug-likeness (QED) is 0.505. The average Bonchev–Trinajstić information content (AvgIpc) is 2.58. The van der Waals surface area contributed by atoms with Crippen molar-refractivity contribution in [1.29, 1.82) is 0 Å². The van der Waals surface area contributed by atoms with E-state index in [1.807, 2.05) is 31.2 Å². The SMILES string of the molecule is CCCCSC(=Nc1cccc(C)c1)c1c(O)n(C)c(=O)n(C)c1=O. The molecule has 0 aliphatic heterocycles. The van der Waals surface area contributed by atoms with Crippen molar-refractivity contribution in [3.05, 3.63) is 56.2 Å². The number of unbranched alkanes of at least 4 members (excludes halogenated alkanes) is 1. The summed E-state index contributed by atoms with van der Waals surface area (Å²) in [6.07, 6.45) is 1.98. The number of benzene rings is 1. The van der Waals surface area contributed by atoms with E-state index in [2.05, 4.69) is 11.9 Å². The number of rotatable bonds is 5. The molecule has 134 valence electrons. The molecule has 0 amide bonds. The Morgan fingerprint density at radius 2 is 1.96 bits per heavy atom. The minimum absolute atomic E-state index is 0.0622. The maximum Gasteiger partial charge on any atom is 0.333 e. The molecular weight excluding hydrogens is 338 g/mol. The Hall–Kier alpha value is -2.28. The van der Waals surface area contributed by atoms with Gasteiger partial charge in [-0.25, -0.2) is 9.79 Å². The summed E-state index contributed by atoms with van der Waals surface area (Å²) in [5, 5.41) is 10.8. The van der Waals surface area contributed by atoms with E-state index in [9.17, 15) is 14.7 Å². The molecule has 0 saturated heterocycles. The molecule has 0 radical (unpaired) electrons. The van der Waals surface area contributed by atoms with Crippen LogP contribution in [0.5, 0.6) is 5.88 Å². The average molecular weight is 361 g/mol. The number of thioether (sulfide) groups is 1. The molecule has 1 heterocycles. The zero-order chi connectivity index (χ0) is 18.6. The van der Waals surface area contributed by atoms with Crippen LogP contribution >= 0.6 is 11.8 Å².